The number of aryl methyl sites for hydroxylation is 1. The molecular weight excluding hydrogens is 482 g/mol. The molecule has 0 saturated heterocycles. The minimum Gasteiger partial charge on any atom is -0.294 e. The van der Waals surface area contributed by atoms with Crippen molar-refractivity contribution in [1.29, 1.82) is 0 Å². The molecule has 3 aromatic carbocycles. The number of nitrogens with zero attached hydrogens (tertiary/aromatic N) is 3. The van der Waals surface area contributed by atoms with Crippen LogP contribution in [0.1, 0.15) is 45.4 Å². The summed E-state index contributed by atoms with van der Waals surface area (Å²) in [5.74, 6) is -0.695. The fourth-order valence-electron chi connectivity index (χ4n) is 5.01. The van der Waals surface area contributed by atoms with E-state index in [0.717, 1.165) is 23.3 Å². The molecule has 0 N–H and O–H groups in total. The number of fused-ring (bicyclic) bond motifs is 1. The Morgan fingerprint density at radius 1 is 0.946 bits per heavy atom. The Hall–Kier alpha value is -3.78. The van der Waals surface area contributed by atoms with Crippen molar-refractivity contribution in [2.45, 2.75) is 38.7 Å². The van der Waals surface area contributed by atoms with Crippen LogP contribution in [0.2, 0.25) is 0 Å². The lowest BCUT2D eigenvalue weighted by molar-refractivity contribution is -0.140. The first-order valence-electron chi connectivity index (χ1n) is 12.0. The van der Waals surface area contributed by atoms with Gasteiger partial charge in [-0.3, -0.25) is 14.3 Å². The fourth-order valence-corrected chi connectivity index (χ4v) is 5.01. The highest BCUT2D eigenvalue weighted by Gasteiger charge is 2.34. The van der Waals surface area contributed by atoms with E-state index in [9.17, 15) is 22.4 Å². The highest BCUT2D eigenvalue weighted by molar-refractivity contribution is 5.35. The van der Waals surface area contributed by atoms with E-state index in [1.165, 1.54) is 6.07 Å². The Morgan fingerprint density at radius 2 is 1.57 bits per heavy atom. The molecule has 0 amide bonds. The molecule has 0 saturated carbocycles. The van der Waals surface area contributed by atoms with E-state index in [1.54, 1.807) is 4.57 Å². The molecule has 5 rings (SSSR count). The normalized spacial score (nSPS) is 14.1. The molecule has 37 heavy (non-hydrogen) atoms. The third-order valence-corrected chi connectivity index (χ3v) is 6.75. The SMILES string of the molecule is Cc1nc2c(c(=O)n1C(c1ccccc1)c1ccccc1)CN(Cc1ccc(F)c(C(F)(F)F)c1)CC2. The van der Waals surface area contributed by atoms with E-state index >= 15 is 0 Å². The lowest BCUT2D eigenvalue weighted by Crippen LogP contribution is -2.40. The van der Waals surface area contributed by atoms with Gasteiger partial charge in [-0.05, 0) is 35.7 Å². The molecule has 0 spiro atoms. The summed E-state index contributed by atoms with van der Waals surface area (Å²) in [6, 6.07) is 22.1. The summed E-state index contributed by atoms with van der Waals surface area (Å²) >= 11 is 0. The van der Waals surface area contributed by atoms with Crippen LogP contribution in [0, 0.1) is 12.7 Å². The first kappa shape index (κ1) is 24.9. The topological polar surface area (TPSA) is 38.1 Å². The van der Waals surface area contributed by atoms with Crippen molar-refractivity contribution < 1.29 is 17.6 Å². The van der Waals surface area contributed by atoms with Gasteiger partial charge in [-0.2, -0.15) is 13.2 Å². The molecule has 0 fully saturated rings. The van der Waals surface area contributed by atoms with Crippen molar-refractivity contribution in [1.82, 2.24) is 14.5 Å². The molecule has 0 unspecified atom stereocenters. The molecule has 0 bridgehead atoms. The monoisotopic (exact) mass is 507 g/mol. The van der Waals surface area contributed by atoms with Gasteiger partial charge in [0.15, 0.2) is 0 Å². The lowest BCUT2D eigenvalue weighted by Gasteiger charge is -2.30. The molecule has 0 aliphatic carbocycles. The molecule has 2 heterocycles. The van der Waals surface area contributed by atoms with E-state index in [-0.39, 0.29) is 24.7 Å². The predicted molar refractivity (Wildman–Crippen MR) is 133 cm³/mol. The van der Waals surface area contributed by atoms with Gasteiger partial charge in [0.2, 0.25) is 0 Å². The maximum Gasteiger partial charge on any atom is 0.419 e. The van der Waals surface area contributed by atoms with Crippen molar-refractivity contribution in [3.8, 4) is 0 Å². The average molecular weight is 508 g/mol. The van der Waals surface area contributed by atoms with Crippen LogP contribution in [-0.2, 0) is 25.7 Å². The van der Waals surface area contributed by atoms with Gasteiger partial charge in [0.05, 0.1) is 22.9 Å². The van der Waals surface area contributed by atoms with Crippen LogP contribution < -0.4 is 5.56 Å². The summed E-state index contributed by atoms with van der Waals surface area (Å²) in [6.07, 6.45) is -4.27. The molecular formula is C29H25F4N3O. The fraction of sp³-hybridized carbons (Fsp3) is 0.241. The smallest absolute Gasteiger partial charge is 0.294 e. The van der Waals surface area contributed by atoms with Crippen LogP contribution in [0.25, 0.3) is 0 Å². The minimum absolute atomic E-state index is 0.164. The highest BCUT2D eigenvalue weighted by Crippen LogP contribution is 2.32. The zero-order chi connectivity index (χ0) is 26.2. The van der Waals surface area contributed by atoms with Gasteiger partial charge in [-0.15, -0.1) is 0 Å². The van der Waals surface area contributed by atoms with Crippen LogP contribution in [0.4, 0.5) is 17.6 Å². The summed E-state index contributed by atoms with van der Waals surface area (Å²) < 4.78 is 55.0. The first-order chi connectivity index (χ1) is 17.7. The third kappa shape index (κ3) is 5.06. The average Bonchev–Trinajstić information content (AvgIpc) is 2.88. The third-order valence-electron chi connectivity index (χ3n) is 6.75. The van der Waals surface area contributed by atoms with Crippen molar-refractivity contribution in [2.75, 3.05) is 6.54 Å². The lowest BCUT2D eigenvalue weighted by atomic mass is 9.97. The second-order valence-corrected chi connectivity index (χ2v) is 9.26. The van der Waals surface area contributed by atoms with Gasteiger partial charge in [-0.1, -0.05) is 66.7 Å². The van der Waals surface area contributed by atoms with E-state index < -0.39 is 17.6 Å². The Morgan fingerprint density at radius 3 is 2.16 bits per heavy atom. The van der Waals surface area contributed by atoms with E-state index in [4.69, 9.17) is 4.98 Å². The maximum absolute atomic E-state index is 13.9. The molecule has 0 atom stereocenters. The molecule has 1 aliphatic rings. The van der Waals surface area contributed by atoms with Crippen LogP contribution in [-0.4, -0.2) is 21.0 Å². The van der Waals surface area contributed by atoms with Crippen molar-refractivity contribution >= 4 is 0 Å². The zero-order valence-electron chi connectivity index (χ0n) is 20.2. The maximum atomic E-state index is 13.9. The number of hydrogen-bond acceptors (Lipinski definition) is 3. The van der Waals surface area contributed by atoms with Crippen LogP contribution in [0.3, 0.4) is 0 Å². The number of benzene rings is 3. The van der Waals surface area contributed by atoms with Crippen LogP contribution in [0.15, 0.2) is 83.7 Å². The highest BCUT2D eigenvalue weighted by atomic mass is 19.4. The molecule has 8 heteroatoms. The largest absolute Gasteiger partial charge is 0.419 e. The Labute approximate surface area is 211 Å². The standard InChI is InChI=1S/C29H25F4N3O/c1-19-34-26-14-15-35(17-20-12-13-25(30)24(16-20)29(31,32)33)18-23(26)28(37)36(19)27(21-8-4-2-5-9-21)22-10-6-3-7-11-22/h2-13,16,27H,14-15,17-18H2,1H3. The van der Waals surface area contributed by atoms with Crippen molar-refractivity contribution in [2.24, 2.45) is 0 Å². The van der Waals surface area contributed by atoms with Gasteiger partial charge in [0, 0.05) is 26.1 Å². The number of hydrogen-bond donors (Lipinski definition) is 0. The summed E-state index contributed by atoms with van der Waals surface area (Å²) in [6.45, 7) is 2.76. The van der Waals surface area contributed by atoms with E-state index in [1.807, 2.05) is 72.5 Å². The Bertz CT molecular complexity index is 1430. The zero-order valence-corrected chi connectivity index (χ0v) is 20.2. The first-order valence-corrected chi connectivity index (χ1v) is 12.0. The number of halogens is 4. The van der Waals surface area contributed by atoms with Crippen molar-refractivity contribution in [3.05, 3.63) is 134 Å². The van der Waals surface area contributed by atoms with Gasteiger partial charge in [0.1, 0.15) is 11.6 Å². The van der Waals surface area contributed by atoms with Gasteiger partial charge in [-0.25, -0.2) is 9.37 Å². The van der Waals surface area contributed by atoms with Crippen molar-refractivity contribution in [3.63, 3.8) is 0 Å². The predicted octanol–water partition coefficient (Wildman–Crippen LogP) is 5.91. The molecule has 1 aliphatic heterocycles. The Kier molecular flexibility index (Phi) is 6.69. The van der Waals surface area contributed by atoms with E-state index in [2.05, 4.69) is 0 Å². The van der Waals surface area contributed by atoms with Gasteiger partial charge < -0.3 is 0 Å². The summed E-state index contributed by atoms with van der Waals surface area (Å²) in [7, 11) is 0. The number of rotatable bonds is 5. The molecule has 190 valence electrons. The molecule has 1 aromatic heterocycles. The molecule has 0 radical (unpaired) electrons. The number of aromatic nitrogens is 2. The summed E-state index contributed by atoms with van der Waals surface area (Å²) in [4.78, 5) is 20.6. The second kappa shape index (κ2) is 9.94. The van der Waals surface area contributed by atoms with E-state index in [0.29, 0.717) is 35.6 Å². The minimum atomic E-state index is -4.77. The summed E-state index contributed by atoms with van der Waals surface area (Å²) in [5, 5.41) is 0. The molecule has 4 aromatic rings. The quantitative estimate of drug-likeness (QED) is 0.316. The van der Waals surface area contributed by atoms with Gasteiger partial charge >= 0.3 is 6.18 Å². The van der Waals surface area contributed by atoms with Crippen LogP contribution >= 0.6 is 0 Å². The second-order valence-electron chi connectivity index (χ2n) is 9.26. The van der Waals surface area contributed by atoms with Crippen LogP contribution in [0.5, 0.6) is 0 Å². The summed E-state index contributed by atoms with van der Waals surface area (Å²) in [5.41, 5.74) is 2.02. The number of alkyl halides is 3. The molecule has 4 nitrogen and oxygen atoms in total. The van der Waals surface area contributed by atoms with Gasteiger partial charge in [0.25, 0.3) is 5.56 Å². The Balaban J connectivity index is 1.52.